The molecule has 0 radical (unpaired) electrons. The molecule has 0 saturated carbocycles. The van der Waals surface area contributed by atoms with Gasteiger partial charge in [-0.3, -0.25) is 4.79 Å². The molecule has 3 nitrogen and oxygen atoms in total. The summed E-state index contributed by atoms with van der Waals surface area (Å²) in [5.74, 6) is 0.761. The monoisotopic (exact) mass is 158 g/mol. The third kappa shape index (κ3) is 12.5. The Balaban J connectivity index is 0. The van der Waals surface area contributed by atoms with Crippen LogP contribution in [0.25, 0.3) is 0 Å². The number of ketones is 1. The zero-order valence-corrected chi connectivity index (χ0v) is 7.39. The Hall–Kier alpha value is -0.700. The molecule has 0 rings (SSSR count). The zero-order chi connectivity index (χ0) is 9.28. The van der Waals surface area contributed by atoms with E-state index in [0.29, 0.717) is 25.3 Å². The number of carbonyl (C=O) groups excluding carboxylic acids is 1. The van der Waals surface area contributed by atoms with E-state index in [2.05, 4.69) is 6.72 Å². The van der Waals surface area contributed by atoms with Crippen molar-refractivity contribution in [1.29, 1.82) is 5.41 Å². The summed E-state index contributed by atoms with van der Waals surface area (Å²) in [4.78, 5) is 10.8. The first-order chi connectivity index (χ1) is 5.16. The lowest BCUT2D eigenvalue weighted by atomic mass is 10.1. The molecule has 66 valence electrons. The van der Waals surface area contributed by atoms with Gasteiger partial charge in [-0.15, -0.1) is 0 Å². The van der Waals surface area contributed by atoms with Crippen LogP contribution in [0.15, 0.2) is 0 Å². The van der Waals surface area contributed by atoms with Crippen LogP contribution in [-0.4, -0.2) is 19.0 Å². The highest BCUT2D eigenvalue weighted by Crippen LogP contribution is 2.00. The van der Waals surface area contributed by atoms with Crippen molar-refractivity contribution in [3.63, 3.8) is 0 Å². The fraction of sp³-hybridized carbons (Fsp3) is 0.750. The SMILES string of the molecule is C=N.CC(C)CC(=O)CCN. The third-order valence-electron chi connectivity index (χ3n) is 1.06. The van der Waals surface area contributed by atoms with Gasteiger partial charge in [0.25, 0.3) is 0 Å². The number of hydrogen-bond acceptors (Lipinski definition) is 3. The van der Waals surface area contributed by atoms with Crippen LogP contribution < -0.4 is 5.73 Å². The van der Waals surface area contributed by atoms with Crippen LogP contribution in [0.5, 0.6) is 0 Å². The van der Waals surface area contributed by atoms with E-state index < -0.39 is 0 Å². The van der Waals surface area contributed by atoms with E-state index in [1.807, 2.05) is 13.8 Å². The van der Waals surface area contributed by atoms with Crippen molar-refractivity contribution in [2.45, 2.75) is 26.7 Å². The van der Waals surface area contributed by atoms with Crippen molar-refractivity contribution >= 4 is 12.5 Å². The van der Waals surface area contributed by atoms with Crippen molar-refractivity contribution < 1.29 is 4.79 Å². The Labute approximate surface area is 68.5 Å². The molecule has 0 saturated heterocycles. The van der Waals surface area contributed by atoms with E-state index in [0.717, 1.165) is 0 Å². The second kappa shape index (κ2) is 9.30. The summed E-state index contributed by atoms with van der Waals surface area (Å²) in [6.07, 6.45) is 1.22. The molecule has 0 aromatic heterocycles. The van der Waals surface area contributed by atoms with E-state index in [4.69, 9.17) is 11.1 Å². The molecular weight excluding hydrogens is 140 g/mol. The topological polar surface area (TPSA) is 66.9 Å². The predicted molar refractivity (Wildman–Crippen MR) is 48.0 cm³/mol. The normalized spacial score (nSPS) is 8.73. The van der Waals surface area contributed by atoms with Gasteiger partial charge in [0.15, 0.2) is 0 Å². The Morgan fingerprint density at radius 3 is 2.27 bits per heavy atom. The number of Topliss-reactive ketones (excluding diaryl/α,β-unsaturated/α-hetero) is 1. The summed E-state index contributed by atoms with van der Waals surface area (Å²) in [6.45, 7) is 7.06. The number of nitrogens with two attached hydrogens (primary N) is 1. The highest BCUT2D eigenvalue weighted by molar-refractivity contribution is 5.78. The molecule has 0 atom stereocenters. The minimum Gasteiger partial charge on any atom is -0.330 e. The number of nitrogens with one attached hydrogen (secondary N) is 1. The van der Waals surface area contributed by atoms with Crippen LogP contribution in [-0.2, 0) is 4.79 Å². The van der Waals surface area contributed by atoms with Crippen LogP contribution in [0.3, 0.4) is 0 Å². The molecule has 0 aliphatic rings. The van der Waals surface area contributed by atoms with Gasteiger partial charge in [0.1, 0.15) is 5.78 Å². The molecule has 11 heavy (non-hydrogen) atoms. The second-order valence-electron chi connectivity index (χ2n) is 2.68. The smallest absolute Gasteiger partial charge is 0.134 e. The van der Waals surface area contributed by atoms with Crippen LogP contribution >= 0.6 is 0 Å². The average Bonchev–Trinajstić information content (AvgIpc) is 1.91. The lowest BCUT2D eigenvalue weighted by molar-refractivity contribution is -0.119. The molecule has 3 heteroatoms. The van der Waals surface area contributed by atoms with E-state index in [9.17, 15) is 4.79 Å². The summed E-state index contributed by atoms with van der Waals surface area (Å²) >= 11 is 0. The van der Waals surface area contributed by atoms with Gasteiger partial charge in [-0.05, 0) is 19.2 Å². The first-order valence-corrected chi connectivity index (χ1v) is 3.74. The standard InChI is InChI=1S/C7H15NO.CH3N/c1-6(2)5-7(9)3-4-8;1-2/h6H,3-5,8H2,1-2H3;2H,1H2. The summed E-state index contributed by atoms with van der Waals surface area (Å²) in [5.41, 5.74) is 5.18. The van der Waals surface area contributed by atoms with Gasteiger partial charge < -0.3 is 11.1 Å². The van der Waals surface area contributed by atoms with Gasteiger partial charge in [0.2, 0.25) is 0 Å². The first-order valence-electron chi connectivity index (χ1n) is 3.74. The number of carbonyl (C=O) groups is 1. The summed E-state index contributed by atoms with van der Waals surface area (Å²) in [6, 6.07) is 0. The molecule has 0 aromatic carbocycles. The Morgan fingerprint density at radius 1 is 1.55 bits per heavy atom. The largest absolute Gasteiger partial charge is 0.330 e. The van der Waals surface area contributed by atoms with Crippen LogP contribution in [0.4, 0.5) is 0 Å². The molecule has 3 N–H and O–H groups in total. The fourth-order valence-electron chi connectivity index (χ4n) is 0.718. The maximum absolute atomic E-state index is 10.8. The molecule has 0 fully saturated rings. The van der Waals surface area contributed by atoms with Gasteiger partial charge in [-0.1, -0.05) is 13.8 Å². The molecule has 0 spiro atoms. The average molecular weight is 158 g/mol. The second-order valence-corrected chi connectivity index (χ2v) is 2.68. The quantitative estimate of drug-likeness (QED) is 0.604. The highest BCUT2D eigenvalue weighted by atomic mass is 16.1. The van der Waals surface area contributed by atoms with Gasteiger partial charge in [-0.2, -0.15) is 0 Å². The van der Waals surface area contributed by atoms with E-state index in [1.165, 1.54) is 0 Å². The van der Waals surface area contributed by atoms with Gasteiger partial charge in [-0.25, -0.2) is 0 Å². The van der Waals surface area contributed by atoms with Gasteiger partial charge in [0, 0.05) is 12.8 Å². The minimum atomic E-state index is 0.285. The Morgan fingerprint density at radius 2 is 2.00 bits per heavy atom. The zero-order valence-electron chi connectivity index (χ0n) is 7.39. The van der Waals surface area contributed by atoms with E-state index in [-0.39, 0.29) is 5.78 Å². The van der Waals surface area contributed by atoms with Gasteiger partial charge >= 0.3 is 0 Å². The predicted octanol–water partition coefficient (Wildman–Crippen LogP) is 1.22. The van der Waals surface area contributed by atoms with Crippen molar-refractivity contribution in [3.05, 3.63) is 0 Å². The molecule has 0 heterocycles. The third-order valence-corrected chi connectivity index (χ3v) is 1.06. The summed E-state index contributed by atoms with van der Waals surface area (Å²) in [7, 11) is 0. The lowest BCUT2D eigenvalue weighted by Crippen LogP contribution is -2.09. The van der Waals surface area contributed by atoms with Crippen LogP contribution in [0, 0.1) is 11.3 Å². The maximum atomic E-state index is 10.8. The van der Waals surface area contributed by atoms with Gasteiger partial charge in [0.05, 0.1) is 0 Å². The molecule has 0 bridgehead atoms. The minimum absolute atomic E-state index is 0.285. The van der Waals surface area contributed by atoms with E-state index in [1.54, 1.807) is 0 Å². The Kier molecular flexibility index (Phi) is 10.9. The molecule has 0 amide bonds. The lowest BCUT2D eigenvalue weighted by Gasteiger charge is -2.00. The van der Waals surface area contributed by atoms with E-state index >= 15 is 0 Å². The first kappa shape index (κ1) is 12.9. The maximum Gasteiger partial charge on any atom is 0.134 e. The fourth-order valence-corrected chi connectivity index (χ4v) is 0.718. The highest BCUT2D eigenvalue weighted by Gasteiger charge is 2.01. The Bertz CT molecular complexity index is 102. The summed E-state index contributed by atoms with van der Waals surface area (Å²) < 4.78 is 0. The van der Waals surface area contributed by atoms with Crippen LogP contribution in [0.1, 0.15) is 26.7 Å². The van der Waals surface area contributed by atoms with Crippen molar-refractivity contribution in [3.8, 4) is 0 Å². The molecular formula is C8H18N2O. The van der Waals surface area contributed by atoms with Crippen molar-refractivity contribution in [1.82, 2.24) is 0 Å². The number of hydrogen-bond donors (Lipinski definition) is 2. The molecule has 0 aromatic rings. The summed E-state index contributed by atoms with van der Waals surface area (Å²) in [5, 5.41) is 5.50. The number of rotatable bonds is 4. The van der Waals surface area contributed by atoms with Crippen molar-refractivity contribution in [2.75, 3.05) is 6.54 Å². The van der Waals surface area contributed by atoms with Crippen LogP contribution in [0.2, 0.25) is 0 Å². The van der Waals surface area contributed by atoms with Crippen molar-refractivity contribution in [2.24, 2.45) is 11.7 Å². The molecule has 0 unspecified atom stereocenters. The molecule has 0 aliphatic carbocycles. The molecule has 0 aliphatic heterocycles.